The van der Waals surface area contributed by atoms with Gasteiger partial charge in [-0.3, -0.25) is 4.68 Å². The number of rotatable bonds is 2. The first-order valence-electron chi connectivity index (χ1n) is 6.30. The van der Waals surface area contributed by atoms with Gasteiger partial charge in [0.1, 0.15) is 11.6 Å². The van der Waals surface area contributed by atoms with Gasteiger partial charge in [-0.2, -0.15) is 5.10 Å². The van der Waals surface area contributed by atoms with Gasteiger partial charge in [-0.15, -0.1) is 0 Å². The van der Waals surface area contributed by atoms with Gasteiger partial charge in [0.2, 0.25) is 0 Å². The maximum atomic E-state index is 14.0. The molecular formula is C16H14FN3. The molecule has 0 aliphatic rings. The minimum atomic E-state index is -0.246. The number of nitrogens with zero attached hydrogens (tertiary/aromatic N) is 2. The summed E-state index contributed by atoms with van der Waals surface area (Å²) in [6.07, 6.45) is 0. The fraction of sp³-hybridized carbons (Fsp3) is 0.0625. The molecule has 4 heteroatoms. The molecule has 2 N–H and O–H groups in total. The molecule has 0 spiro atoms. The van der Waals surface area contributed by atoms with Crippen LogP contribution in [0, 0.1) is 5.82 Å². The summed E-state index contributed by atoms with van der Waals surface area (Å²) >= 11 is 0. The SMILES string of the molecule is Cn1nc(-c2ccc(F)c(-c3ccccc3)c2)cc1N. The lowest BCUT2D eigenvalue weighted by Gasteiger charge is -2.05. The molecule has 1 aromatic heterocycles. The maximum absolute atomic E-state index is 14.0. The predicted octanol–water partition coefficient (Wildman–Crippen LogP) is 3.48. The number of hydrogen-bond acceptors (Lipinski definition) is 2. The Morgan fingerprint density at radius 2 is 1.75 bits per heavy atom. The van der Waals surface area contributed by atoms with Crippen molar-refractivity contribution in [3.63, 3.8) is 0 Å². The third-order valence-electron chi connectivity index (χ3n) is 3.26. The topological polar surface area (TPSA) is 43.8 Å². The molecule has 0 radical (unpaired) electrons. The fourth-order valence-corrected chi connectivity index (χ4v) is 2.15. The van der Waals surface area contributed by atoms with E-state index in [9.17, 15) is 4.39 Å². The molecule has 0 fully saturated rings. The molecule has 0 aliphatic heterocycles. The summed E-state index contributed by atoms with van der Waals surface area (Å²) < 4.78 is 15.6. The molecule has 100 valence electrons. The van der Waals surface area contributed by atoms with Crippen LogP contribution < -0.4 is 5.73 Å². The highest BCUT2D eigenvalue weighted by Crippen LogP contribution is 2.28. The van der Waals surface area contributed by atoms with Gasteiger partial charge in [0, 0.05) is 24.2 Å². The molecule has 3 rings (SSSR count). The number of benzene rings is 2. The predicted molar refractivity (Wildman–Crippen MR) is 78.5 cm³/mol. The third-order valence-corrected chi connectivity index (χ3v) is 3.26. The van der Waals surface area contributed by atoms with Crippen molar-refractivity contribution in [3.8, 4) is 22.4 Å². The van der Waals surface area contributed by atoms with Crippen molar-refractivity contribution in [2.75, 3.05) is 5.73 Å². The molecule has 0 saturated carbocycles. The van der Waals surface area contributed by atoms with Crippen LogP contribution in [0.15, 0.2) is 54.6 Å². The van der Waals surface area contributed by atoms with Crippen LogP contribution in [0.4, 0.5) is 10.2 Å². The Balaban J connectivity index is 2.11. The Morgan fingerprint density at radius 3 is 2.40 bits per heavy atom. The van der Waals surface area contributed by atoms with E-state index in [1.54, 1.807) is 29.9 Å². The van der Waals surface area contributed by atoms with Gasteiger partial charge < -0.3 is 5.73 Å². The van der Waals surface area contributed by atoms with Crippen LogP contribution in [0.3, 0.4) is 0 Å². The second-order valence-electron chi connectivity index (χ2n) is 4.64. The first-order valence-corrected chi connectivity index (χ1v) is 6.30. The molecular weight excluding hydrogens is 253 g/mol. The quantitative estimate of drug-likeness (QED) is 0.772. The van der Waals surface area contributed by atoms with Crippen LogP contribution in [0.5, 0.6) is 0 Å². The highest BCUT2D eigenvalue weighted by molar-refractivity contribution is 5.72. The smallest absolute Gasteiger partial charge is 0.131 e. The van der Waals surface area contributed by atoms with Crippen LogP contribution in [-0.2, 0) is 7.05 Å². The van der Waals surface area contributed by atoms with Crippen molar-refractivity contribution in [2.45, 2.75) is 0 Å². The average Bonchev–Trinajstić information content (AvgIpc) is 2.80. The van der Waals surface area contributed by atoms with E-state index in [4.69, 9.17) is 5.73 Å². The van der Waals surface area contributed by atoms with Gasteiger partial charge in [-0.05, 0) is 23.8 Å². The lowest BCUT2D eigenvalue weighted by atomic mass is 10.0. The Labute approximate surface area is 116 Å². The Hall–Kier alpha value is -2.62. The van der Waals surface area contributed by atoms with Crippen molar-refractivity contribution in [2.24, 2.45) is 7.05 Å². The molecule has 0 atom stereocenters. The van der Waals surface area contributed by atoms with E-state index in [0.717, 1.165) is 16.8 Å². The molecule has 0 unspecified atom stereocenters. The number of halogens is 1. The first kappa shape index (κ1) is 12.4. The lowest BCUT2D eigenvalue weighted by Crippen LogP contribution is -1.96. The largest absolute Gasteiger partial charge is 0.384 e. The van der Waals surface area contributed by atoms with Gasteiger partial charge in [0.25, 0.3) is 0 Å². The van der Waals surface area contributed by atoms with Gasteiger partial charge in [0.15, 0.2) is 0 Å². The molecule has 3 aromatic rings. The van der Waals surface area contributed by atoms with E-state index < -0.39 is 0 Å². The van der Waals surface area contributed by atoms with E-state index in [-0.39, 0.29) is 5.82 Å². The van der Waals surface area contributed by atoms with Crippen molar-refractivity contribution < 1.29 is 4.39 Å². The second kappa shape index (κ2) is 4.81. The molecule has 0 amide bonds. The van der Waals surface area contributed by atoms with E-state index in [1.165, 1.54) is 6.07 Å². The minimum absolute atomic E-state index is 0.246. The van der Waals surface area contributed by atoms with E-state index in [2.05, 4.69) is 5.10 Å². The zero-order valence-corrected chi connectivity index (χ0v) is 11.0. The summed E-state index contributed by atoms with van der Waals surface area (Å²) in [5, 5.41) is 4.31. The highest BCUT2D eigenvalue weighted by atomic mass is 19.1. The Morgan fingerprint density at radius 1 is 1.00 bits per heavy atom. The van der Waals surface area contributed by atoms with Gasteiger partial charge in [-0.25, -0.2) is 4.39 Å². The van der Waals surface area contributed by atoms with E-state index in [0.29, 0.717) is 11.4 Å². The minimum Gasteiger partial charge on any atom is -0.384 e. The number of hydrogen-bond donors (Lipinski definition) is 1. The normalized spacial score (nSPS) is 10.7. The van der Waals surface area contributed by atoms with Crippen LogP contribution >= 0.6 is 0 Å². The molecule has 0 aliphatic carbocycles. The Bertz CT molecular complexity index is 728. The van der Waals surface area contributed by atoms with Crippen LogP contribution in [0.2, 0.25) is 0 Å². The highest BCUT2D eigenvalue weighted by Gasteiger charge is 2.10. The summed E-state index contributed by atoms with van der Waals surface area (Å²) in [5.74, 6) is 0.328. The molecule has 20 heavy (non-hydrogen) atoms. The summed E-state index contributed by atoms with van der Waals surface area (Å²) in [4.78, 5) is 0. The molecule has 0 bridgehead atoms. The number of nitrogens with two attached hydrogens (primary N) is 1. The lowest BCUT2D eigenvalue weighted by molar-refractivity contribution is 0.631. The van der Waals surface area contributed by atoms with E-state index >= 15 is 0 Å². The number of anilines is 1. The maximum Gasteiger partial charge on any atom is 0.131 e. The summed E-state index contributed by atoms with van der Waals surface area (Å²) in [6, 6.07) is 16.2. The van der Waals surface area contributed by atoms with Crippen LogP contribution in [0.25, 0.3) is 22.4 Å². The van der Waals surface area contributed by atoms with Crippen molar-refractivity contribution in [1.29, 1.82) is 0 Å². The third kappa shape index (κ3) is 2.16. The van der Waals surface area contributed by atoms with Crippen LogP contribution in [-0.4, -0.2) is 9.78 Å². The van der Waals surface area contributed by atoms with Gasteiger partial charge in [-0.1, -0.05) is 30.3 Å². The zero-order chi connectivity index (χ0) is 14.1. The van der Waals surface area contributed by atoms with E-state index in [1.807, 2.05) is 30.3 Å². The summed E-state index contributed by atoms with van der Waals surface area (Å²) in [7, 11) is 1.78. The first-order chi connectivity index (χ1) is 9.65. The monoisotopic (exact) mass is 267 g/mol. The van der Waals surface area contributed by atoms with Gasteiger partial charge >= 0.3 is 0 Å². The second-order valence-corrected chi connectivity index (χ2v) is 4.64. The van der Waals surface area contributed by atoms with Gasteiger partial charge in [0.05, 0.1) is 5.69 Å². The summed E-state index contributed by atoms with van der Waals surface area (Å²) in [5.41, 5.74) is 8.77. The van der Waals surface area contributed by atoms with Crippen molar-refractivity contribution in [1.82, 2.24) is 9.78 Å². The average molecular weight is 267 g/mol. The van der Waals surface area contributed by atoms with Crippen LogP contribution in [0.1, 0.15) is 0 Å². The fourth-order valence-electron chi connectivity index (χ4n) is 2.15. The molecule has 0 saturated heterocycles. The number of aryl methyl sites for hydroxylation is 1. The number of nitrogen functional groups attached to an aromatic ring is 1. The molecule has 1 heterocycles. The zero-order valence-electron chi connectivity index (χ0n) is 11.0. The summed E-state index contributed by atoms with van der Waals surface area (Å²) in [6.45, 7) is 0. The number of aromatic nitrogens is 2. The Kier molecular flexibility index (Phi) is 2.99. The molecule has 2 aromatic carbocycles. The molecule has 3 nitrogen and oxygen atoms in total. The standard InChI is InChI=1S/C16H14FN3/c1-20-16(18)10-15(19-20)12-7-8-14(17)13(9-12)11-5-3-2-4-6-11/h2-10H,18H2,1H3. The van der Waals surface area contributed by atoms with Crippen molar-refractivity contribution >= 4 is 5.82 Å². The van der Waals surface area contributed by atoms with Crippen molar-refractivity contribution in [3.05, 3.63) is 60.4 Å².